The second-order valence-electron chi connectivity index (χ2n) is 8.57. The van der Waals surface area contributed by atoms with Gasteiger partial charge in [0.15, 0.2) is 0 Å². The molecule has 0 aliphatic heterocycles. The van der Waals surface area contributed by atoms with Gasteiger partial charge in [0.1, 0.15) is 11.5 Å². The van der Waals surface area contributed by atoms with Gasteiger partial charge in [0.25, 0.3) is 5.88 Å². The van der Waals surface area contributed by atoms with Crippen molar-refractivity contribution in [3.05, 3.63) is 11.8 Å². The number of allylic oxidation sites excluding steroid dienone is 2. The molecule has 0 radical (unpaired) electrons. The van der Waals surface area contributed by atoms with Gasteiger partial charge in [0.05, 0.1) is 30.9 Å². The number of esters is 1. The molecule has 7 heteroatoms. The standard InChI is InChI=1S/C23H34N2O4S/c1-3-4-5-6-12-28-22-21(24-30-25-22)18-11-7-9-17(14-18)10-8-13-29-23(27)20-15-19(20)16(2)26/h11,17,19-20H,3-10,12-15H2,1-2H3. The quantitative estimate of drug-likeness (QED) is 0.312. The Morgan fingerprint density at radius 2 is 2.00 bits per heavy atom. The molecule has 1 heterocycles. The average molecular weight is 435 g/mol. The number of carbonyl (C=O) groups is 2. The molecule has 2 aliphatic carbocycles. The summed E-state index contributed by atoms with van der Waals surface area (Å²) in [5.41, 5.74) is 2.15. The van der Waals surface area contributed by atoms with Gasteiger partial charge in [-0.1, -0.05) is 32.3 Å². The van der Waals surface area contributed by atoms with Gasteiger partial charge in [0, 0.05) is 5.92 Å². The highest BCUT2D eigenvalue weighted by molar-refractivity contribution is 6.99. The number of Topliss-reactive ketones (excluding diaryl/α,β-unsaturated/α-hetero) is 1. The number of hydrogen-bond acceptors (Lipinski definition) is 7. The lowest BCUT2D eigenvalue weighted by atomic mass is 9.85. The van der Waals surface area contributed by atoms with E-state index in [9.17, 15) is 9.59 Å². The number of hydrogen-bond donors (Lipinski definition) is 0. The van der Waals surface area contributed by atoms with Crippen LogP contribution < -0.4 is 4.74 Å². The van der Waals surface area contributed by atoms with E-state index in [0.717, 1.165) is 44.2 Å². The number of unbranched alkanes of at least 4 members (excludes halogenated alkanes) is 3. The lowest BCUT2D eigenvalue weighted by molar-refractivity contribution is -0.146. The van der Waals surface area contributed by atoms with Gasteiger partial charge in [-0.25, -0.2) is 0 Å². The molecule has 0 N–H and O–H groups in total. The molecule has 0 bridgehead atoms. The van der Waals surface area contributed by atoms with Gasteiger partial charge < -0.3 is 9.47 Å². The molecule has 3 rings (SSSR count). The van der Waals surface area contributed by atoms with Crippen LogP contribution in [0.15, 0.2) is 6.08 Å². The number of aromatic nitrogens is 2. The Bertz CT molecular complexity index is 745. The molecular formula is C23H34N2O4S. The summed E-state index contributed by atoms with van der Waals surface area (Å²) in [5.74, 6) is 0.853. The first kappa shape index (κ1) is 22.9. The average Bonchev–Trinajstić information content (AvgIpc) is 3.43. The van der Waals surface area contributed by atoms with Crippen LogP contribution in [0.1, 0.15) is 83.7 Å². The fraction of sp³-hybridized carbons (Fsp3) is 0.739. The first-order chi connectivity index (χ1) is 14.6. The number of ketones is 1. The lowest BCUT2D eigenvalue weighted by Gasteiger charge is -2.22. The maximum absolute atomic E-state index is 11.9. The molecule has 6 nitrogen and oxygen atoms in total. The van der Waals surface area contributed by atoms with Gasteiger partial charge in [0.2, 0.25) is 0 Å². The van der Waals surface area contributed by atoms with Crippen LogP contribution in [-0.4, -0.2) is 33.7 Å². The zero-order valence-corrected chi connectivity index (χ0v) is 19.0. The van der Waals surface area contributed by atoms with Crippen molar-refractivity contribution in [3.63, 3.8) is 0 Å². The molecule has 2 aliphatic rings. The van der Waals surface area contributed by atoms with Crippen molar-refractivity contribution in [1.82, 2.24) is 8.75 Å². The van der Waals surface area contributed by atoms with Crippen molar-refractivity contribution in [2.75, 3.05) is 13.2 Å². The largest absolute Gasteiger partial charge is 0.475 e. The maximum Gasteiger partial charge on any atom is 0.309 e. The summed E-state index contributed by atoms with van der Waals surface area (Å²) in [6.45, 7) is 4.90. The molecule has 30 heavy (non-hydrogen) atoms. The van der Waals surface area contributed by atoms with Gasteiger partial charge in [-0.15, -0.1) is 4.37 Å². The zero-order chi connectivity index (χ0) is 21.3. The zero-order valence-electron chi connectivity index (χ0n) is 18.2. The van der Waals surface area contributed by atoms with Crippen LogP contribution in [0.25, 0.3) is 5.57 Å². The third-order valence-corrected chi connectivity index (χ3v) is 6.60. The van der Waals surface area contributed by atoms with Gasteiger partial charge >= 0.3 is 5.97 Å². The van der Waals surface area contributed by atoms with Crippen LogP contribution >= 0.6 is 11.7 Å². The van der Waals surface area contributed by atoms with E-state index in [2.05, 4.69) is 21.7 Å². The third kappa shape index (κ3) is 6.62. The molecule has 166 valence electrons. The molecule has 0 aromatic carbocycles. The van der Waals surface area contributed by atoms with Crippen LogP contribution in [0, 0.1) is 17.8 Å². The molecule has 1 fully saturated rings. The fourth-order valence-corrected chi connectivity index (χ4v) is 4.69. The molecule has 0 amide bonds. The van der Waals surface area contributed by atoms with E-state index in [1.165, 1.54) is 36.6 Å². The Hall–Kier alpha value is -1.76. The van der Waals surface area contributed by atoms with Crippen molar-refractivity contribution in [3.8, 4) is 5.88 Å². The van der Waals surface area contributed by atoms with Crippen LogP contribution in [0.3, 0.4) is 0 Å². The highest BCUT2D eigenvalue weighted by atomic mass is 32.1. The minimum atomic E-state index is -0.200. The summed E-state index contributed by atoms with van der Waals surface area (Å²) in [7, 11) is 0. The summed E-state index contributed by atoms with van der Waals surface area (Å²) in [6, 6.07) is 0. The lowest BCUT2D eigenvalue weighted by Crippen LogP contribution is -2.13. The topological polar surface area (TPSA) is 78.4 Å². The van der Waals surface area contributed by atoms with Crippen molar-refractivity contribution >= 4 is 29.1 Å². The summed E-state index contributed by atoms with van der Waals surface area (Å²) in [4.78, 5) is 23.2. The smallest absolute Gasteiger partial charge is 0.309 e. The van der Waals surface area contributed by atoms with E-state index in [4.69, 9.17) is 9.47 Å². The van der Waals surface area contributed by atoms with Crippen molar-refractivity contribution < 1.29 is 19.1 Å². The van der Waals surface area contributed by atoms with Crippen LogP contribution in [0.5, 0.6) is 5.88 Å². The first-order valence-corrected chi connectivity index (χ1v) is 12.1. The van der Waals surface area contributed by atoms with Gasteiger partial charge in [-0.05, 0) is 63.4 Å². The van der Waals surface area contributed by atoms with Crippen LogP contribution in [0.4, 0.5) is 0 Å². The van der Waals surface area contributed by atoms with E-state index in [-0.39, 0.29) is 23.6 Å². The van der Waals surface area contributed by atoms with E-state index >= 15 is 0 Å². The molecule has 3 atom stereocenters. The second-order valence-corrected chi connectivity index (χ2v) is 9.10. The Balaban J connectivity index is 1.37. The Kier molecular flexibility index (Phi) is 8.85. The van der Waals surface area contributed by atoms with Crippen molar-refractivity contribution in [1.29, 1.82) is 0 Å². The summed E-state index contributed by atoms with van der Waals surface area (Å²) < 4.78 is 20.1. The number of nitrogens with zero attached hydrogens (tertiary/aromatic N) is 2. The first-order valence-electron chi connectivity index (χ1n) is 11.4. The number of ether oxygens (including phenoxy) is 2. The molecule has 0 spiro atoms. The molecule has 1 aromatic rings. The van der Waals surface area contributed by atoms with E-state index in [1.807, 2.05) is 0 Å². The Morgan fingerprint density at radius 3 is 2.77 bits per heavy atom. The number of carbonyl (C=O) groups excluding carboxylic acids is 2. The Morgan fingerprint density at radius 1 is 1.13 bits per heavy atom. The highest BCUT2D eigenvalue weighted by Gasteiger charge is 2.47. The van der Waals surface area contributed by atoms with Crippen molar-refractivity contribution in [2.24, 2.45) is 17.8 Å². The monoisotopic (exact) mass is 434 g/mol. The molecule has 1 aromatic heterocycles. The minimum Gasteiger partial charge on any atom is -0.475 e. The van der Waals surface area contributed by atoms with Crippen LogP contribution in [0.2, 0.25) is 0 Å². The van der Waals surface area contributed by atoms with Crippen LogP contribution in [-0.2, 0) is 14.3 Å². The fourth-order valence-electron chi connectivity index (χ4n) is 4.15. The van der Waals surface area contributed by atoms with Gasteiger partial charge in [-0.3, -0.25) is 9.59 Å². The van der Waals surface area contributed by atoms with E-state index < -0.39 is 0 Å². The molecule has 0 saturated heterocycles. The predicted octanol–water partition coefficient (Wildman–Crippen LogP) is 5.23. The summed E-state index contributed by atoms with van der Waals surface area (Å²) in [5, 5.41) is 0. The predicted molar refractivity (Wildman–Crippen MR) is 117 cm³/mol. The third-order valence-electron chi connectivity index (χ3n) is 6.09. The second kappa shape index (κ2) is 11.6. The van der Waals surface area contributed by atoms with Gasteiger partial charge in [-0.2, -0.15) is 4.37 Å². The maximum atomic E-state index is 11.9. The minimum absolute atomic E-state index is 0.0966. The molecular weight excluding hydrogens is 400 g/mol. The SMILES string of the molecule is CCCCCCOc1nsnc1C1=CCCC(CCCOC(=O)C2CC2C(C)=O)C1. The molecule has 3 unspecified atom stereocenters. The summed E-state index contributed by atoms with van der Waals surface area (Å²) >= 11 is 1.22. The normalized spacial score (nSPS) is 23.0. The number of rotatable bonds is 13. The van der Waals surface area contributed by atoms with E-state index in [0.29, 0.717) is 31.4 Å². The highest BCUT2D eigenvalue weighted by Crippen LogP contribution is 2.40. The van der Waals surface area contributed by atoms with E-state index in [1.54, 1.807) is 6.92 Å². The Labute approximate surface area is 183 Å². The summed E-state index contributed by atoms with van der Waals surface area (Å²) in [6.07, 6.45) is 12.7. The molecule has 1 saturated carbocycles. The van der Waals surface area contributed by atoms with Crippen molar-refractivity contribution in [2.45, 2.75) is 78.1 Å².